The Labute approximate surface area is 111 Å². The molecule has 0 radical (unpaired) electrons. The second-order valence-corrected chi connectivity index (χ2v) is 5.00. The molecule has 0 fully saturated rings. The first kappa shape index (κ1) is 12.7. The molecule has 5 nitrogen and oxygen atoms in total. The van der Waals surface area contributed by atoms with E-state index in [2.05, 4.69) is 4.98 Å². The number of ketones is 1. The van der Waals surface area contributed by atoms with Crippen LogP contribution >= 0.6 is 22.9 Å². The topological polar surface area (TPSA) is 73.1 Å². The van der Waals surface area contributed by atoms with Gasteiger partial charge in [0.25, 0.3) is 0 Å². The van der Waals surface area contributed by atoms with E-state index in [9.17, 15) is 14.9 Å². The summed E-state index contributed by atoms with van der Waals surface area (Å²) >= 11 is 6.39. The molecule has 0 unspecified atom stereocenters. The Bertz CT molecular complexity index is 598. The molecule has 1 aromatic heterocycles. The Balaban J connectivity index is 2.25. The van der Waals surface area contributed by atoms with Gasteiger partial charge in [-0.2, -0.15) is 0 Å². The van der Waals surface area contributed by atoms with Gasteiger partial charge >= 0.3 is 5.00 Å². The van der Waals surface area contributed by atoms with Crippen molar-refractivity contribution in [2.75, 3.05) is 0 Å². The fourth-order valence-electron chi connectivity index (χ4n) is 1.45. The molecule has 0 spiro atoms. The number of halogens is 1. The van der Waals surface area contributed by atoms with Crippen LogP contribution in [-0.2, 0) is 6.42 Å². The number of hydrogen-bond donors (Lipinski definition) is 0. The van der Waals surface area contributed by atoms with Crippen molar-refractivity contribution in [3.8, 4) is 0 Å². The highest BCUT2D eigenvalue weighted by Crippen LogP contribution is 2.30. The molecule has 0 aliphatic rings. The number of carbonyl (C=O) groups excluding carboxylic acids is 1. The van der Waals surface area contributed by atoms with E-state index in [0.717, 1.165) is 11.3 Å². The molecule has 7 heteroatoms. The van der Waals surface area contributed by atoms with Crippen LogP contribution in [0.4, 0.5) is 5.00 Å². The van der Waals surface area contributed by atoms with Crippen molar-refractivity contribution in [1.29, 1.82) is 0 Å². The van der Waals surface area contributed by atoms with Gasteiger partial charge in [0.1, 0.15) is 5.69 Å². The lowest BCUT2D eigenvalue weighted by atomic mass is 10.1. The number of thiazole rings is 1. The zero-order valence-electron chi connectivity index (χ0n) is 9.00. The molecule has 1 aromatic carbocycles. The highest BCUT2D eigenvalue weighted by atomic mass is 35.5. The summed E-state index contributed by atoms with van der Waals surface area (Å²) in [6.45, 7) is 0. The number of rotatable bonds is 4. The molecule has 0 saturated carbocycles. The fraction of sp³-hybridized carbons (Fsp3) is 0.0909. The van der Waals surface area contributed by atoms with Crippen LogP contribution in [0.1, 0.15) is 16.1 Å². The Hall–Kier alpha value is -1.79. The number of nitro groups is 1. The SMILES string of the molecule is O=C(Cc1nc(Cl)sc1[N+](=O)[O-])c1ccccc1. The molecular formula is C11H7ClN2O3S. The van der Waals surface area contributed by atoms with E-state index < -0.39 is 4.92 Å². The number of benzene rings is 1. The molecule has 0 N–H and O–H groups in total. The molecular weight excluding hydrogens is 276 g/mol. The summed E-state index contributed by atoms with van der Waals surface area (Å²) in [6, 6.07) is 8.56. The fourth-order valence-corrected chi connectivity index (χ4v) is 2.40. The maximum atomic E-state index is 11.9. The minimum absolute atomic E-state index is 0.0672. The van der Waals surface area contributed by atoms with Gasteiger partial charge in [-0.3, -0.25) is 14.9 Å². The van der Waals surface area contributed by atoms with Gasteiger partial charge in [-0.05, 0) is 11.3 Å². The first-order valence-electron chi connectivity index (χ1n) is 4.96. The molecule has 18 heavy (non-hydrogen) atoms. The molecule has 1 heterocycles. The van der Waals surface area contributed by atoms with E-state index in [1.54, 1.807) is 30.3 Å². The molecule has 0 amide bonds. The summed E-state index contributed by atoms with van der Waals surface area (Å²) in [7, 11) is 0. The van der Waals surface area contributed by atoms with Crippen molar-refractivity contribution in [3.63, 3.8) is 0 Å². The molecule has 0 bridgehead atoms. The number of aromatic nitrogens is 1. The van der Waals surface area contributed by atoms with Crippen LogP contribution in [0.3, 0.4) is 0 Å². The third kappa shape index (κ3) is 2.72. The van der Waals surface area contributed by atoms with Crippen LogP contribution in [0.5, 0.6) is 0 Å². The van der Waals surface area contributed by atoms with Crippen molar-refractivity contribution in [1.82, 2.24) is 4.98 Å². The van der Waals surface area contributed by atoms with Gasteiger partial charge in [0.05, 0.1) is 11.3 Å². The van der Waals surface area contributed by atoms with Crippen molar-refractivity contribution < 1.29 is 9.72 Å². The molecule has 2 rings (SSSR count). The van der Waals surface area contributed by atoms with E-state index in [0.29, 0.717) is 5.56 Å². The summed E-state index contributed by atoms with van der Waals surface area (Å²) in [5, 5.41) is 10.6. The van der Waals surface area contributed by atoms with E-state index in [1.165, 1.54) is 0 Å². The standard InChI is InChI=1S/C11H7ClN2O3S/c12-11-13-8(10(18-11)14(16)17)6-9(15)7-4-2-1-3-5-7/h1-5H,6H2. The monoisotopic (exact) mass is 282 g/mol. The Morgan fingerprint density at radius 2 is 2.06 bits per heavy atom. The summed E-state index contributed by atoms with van der Waals surface area (Å²) < 4.78 is 0.0672. The maximum Gasteiger partial charge on any atom is 0.348 e. The Morgan fingerprint density at radius 3 is 2.67 bits per heavy atom. The van der Waals surface area contributed by atoms with E-state index >= 15 is 0 Å². The Morgan fingerprint density at radius 1 is 1.39 bits per heavy atom. The maximum absolute atomic E-state index is 11.9. The van der Waals surface area contributed by atoms with Crippen LogP contribution in [0.15, 0.2) is 30.3 Å². The quantitative estimate of drug-likeness (QED) is 0.490. The average Bonchev–Trinajstić information content (AvgIpc) is 2.71. The third-order valence-electron chi connectivity index (χ3n) is 2.24. The van der Waals surface area contributed by atoms with Crippen LogP contribution in [-0.4, -0.2) is 15.7 Å². The van der Waals surface area contributed by atoms with E-state index in [4.69, 9.17) is 11.6 Å². The minimum Gasteiger partial charge on any atom is -0.294 e. The average molecular weight is 283 g/mol. The summed E-state index contributed by atoms with van der Waals surface area (Å²) in [6.07, 6.45) is -0.121. The van der Waals surface area contributed by atoms with Gasteiger partial charge in [-0.1, -0.05) is 41.9 Å². The summed E-state index contributed by atoms with van der Waals surface area (Å²) in [5.41, 5.74) is 0.611. The van der Waals surface area contributed by atoms with Crippen LogP contribution in [0.2, 0.25) is 4.47 Å². The van der Waals surface area contributed by atoms with Gasteiger partial charge in [-0.15, -0.1) is 0 Å². The molecule has 0 aliphatic carbocycles. The van der Waals surface area contributed by atoms with Crippen LogP contribution < -0.4 is 0 Å². The predicted molar refractivity (Wildman–Crippen MR) is 68.3 cm³/mol. The van der Waals surface area contributed by atoms with Crippen molar-refractivity contribution in [2.24, 2.45) is 0 Å². The molecule has 92 valence electrons. The number of Topliss-reactive ketones (excluding diaryl/α,β-unsaturated/α-hetero) is 1. The lowest BCUT2D eigenvalue weighted by Gasteiger charge is -1.97. The van der Waals surface area contributed by atoms with Crippen molar-refractivity contribution in [2.45, 2.75) is 6.42 Å². The highest BCUT2D eigenvalue weighted by Gasteiger charge is 2.23. The molecule has 0 aliphatic heterocycles. The largest absolute Gasteiger partial charge is 0.348 e. The molecule has 2 aromatic rings. The van der Waals surface area contributed by atoms with Crippen LogP contribution in [0.25, 0.3) is 0 Å². The highest BCUT2D eigenvalue weighted by molar-refractivity contribution is 7.18. The van der Waals surface area contributed by atoms with Gasteiger partial charge in [0.15, 0.2) is 10.3 Å². The van der Waals surface area contributed by atoms with Gasteiger partial charge in [-0.25, -0.2) is 4.98 Å². The Kier molecular flexibility index (Phi) is 3.69. The zero-order chi connectivity index (χ0) is 13.1. The second kappa shape index (κ2) is 5.24. The second-order valence-electron chi connectivity index (χ2n) is 3.44. The number of hydrogen-bond acceptors (Lipinski definition) is 5. The summed E-state index contributed by atoms with van der Waals surface area (Å²) in [4.78, 5) is 25.9. The van der Waals surface area contributed by atoms with Crippen LogP contribution in [0, 0.1) is 10.1 Å². The third-order valence-corrected chi connectivity index (χ3v) is 3.39. The minimum atomic E-state index is -0.572. The van der Waals surface area contributed by atoms with E-state index in [-0.39, 0.29) is 27.4 Å². The van der Waals surface area contributed by atoms with Gasteiger partial charge in [0.2, 0.25) is 0 Å². The normalized spacial score (nSPS) is 10.3. The molecule has 0 atom stereocenters. The number of carbonyl (C=O) groups is 1. The smallest absolute Gasteiger partial charge is 0.294 e. The van der Waals surface area contributed by atoms with Crippen molar-refractivity contribution in [3.05, 3.63) is 56.2 Å². The number of nitrogens with zero attached hydrogens (tertiary/aromatic N) is 2. The van der Waals surface area contributed by atoms with Gasteiger partial charge in [0, 0.05) is 5.56 Å². The first-order chi connectivity index (χ1) is 8.58. The zero-order valence-corrected chi connectivity index (χ0v) is 10.6. The molecule has 0 saturated heterocycles. The lowest BCUT2D eigenvalue weighted by molar-refractivity contribution is -0.381. The van der Waals surface area contributed by atoms with E-state index in [1.807, 2.05) is 0 Å². The lowest BCUT2D eigenvalue weighted by Crippen LogP contribution is -2.05. The first-order valence-corrected chi connectivity index (χ1v) is 6.15. The summed E-state index contributed by atoms with van der Waals surface area (Å²) in [5.74, 6) is -0.222. The van der Waals surface area contributed by atoms with Gasteiger partial charge < -0.3 is 0 Å². The predicted octanol–water partition coefficient (Wildman–Crippen LogP) is 3.13. The van der Waals surface area contributed by atoms with Crippen molar-refractivity contribution >= 4 is 33.7 Å².